The first-order valence-electron chi connectivity index (χ1n) is 8.14. The van der Waals surface area contributed by atoms with Gasteiger partial charge in [-0.3, -0.25) is 14.2 Å². The maximum absolute atomic E-state index is 12.9. The van der Waals surface area contributed by atoms with Gasteiger partial charge >= 0.3 is 0 Å². The summed E-state index contributed by atoms with van der Waals surface area (Å²) < 4.78 is 8.08. The molecule has 0 amide bonds. The average Bonchev–Trinajstić information content (AvgIpc) is 3.14. The molecular formula is C18H22N3O2SSi. The Morgan fingerprint density at radius 1 is 1.32 bits per heavy atom. The van der Waals surface area contributed by atoms with Crippen LogP contribution < -0.4 is 0 Å². The smallest absolute Gasteiger partial charge is 0.216 e. The second-order valence-electron chi connectivity index (χ2n) is 7.32. The summed E-state index contributed by atoms with van der Waals surface area (Å²) in [6.45, 7) is 10.7. The fourth-order valence-electron chi connectivity index (χ4n) is 2.73. The molecule has 0 aromatic carbocycles. The van der Waals surface area contributed by atoms with Crippen molar-refractivity contribution in [3.05, 3.63) is 53.2 Å². The normalized spacial score (nSPS) is 13.5. The monoisotopic (exact) mass is 372 g/mol. The summed E-state index contributed by atoms with van der Waals surface area (Å²) in [5.74, 6) is -0.106. The zero-order chi connectivity index (χ0) is 18.2. The molecule has 3 aromatic heterocycles. The lowest BCUT2D eigenvalue weighted by atomic mass is 9.85. The van der Waals surface area contributed by atoms with Crippen LogP contribution in [0.2, 0.25) is 13.1 Å². The number of thiazole rings is 1. The van der Waals surface area contributed by atoms with Crippen LogP contribution in [0.1, 0.15) is 48.5 Å². The number of hydrogen-bond acceptors (Lipinski definition) is 5. The number of carbonyl (C=O) groups is 1. The third-order valence-electron chi connectivity index (χ3n) is 3.83. The van der Waals surface area contributed by atoms with Crippen molar-refractivity contribution in [1.82, 2.24) is 14.4 Å². The lowest BCUT2D eigenvalue weighted by Crippen LogP contribution is -2.26. The van der Waals surface area contributed by atoms with Gasteiger partial charge in [-0.25, -0.2) is 4.98 Å². The number of pyridine rings is 1. The van der Waals surface area contributed by atoms with Crippen LogP contribution in [0.15, 0.2) is 36.4 Å². The van der Waals surface area contributed by atoms with Crippen LogP contribution in [0.25, 0.3) is 4.83 Å². The van der Waals surface area contributed by atoms with E-state index in [-0.39, 0.29) is 17.3 Å². The lowest BCUT2D eigenvalue weighted by Gasteiger charge is -2.32. The SMILES string of the molecule is C[Si](C)OC(c1cncc(C(=O)c2ncn3ccsc23)c1)C(C)(C)C. The van der Waals surface area contributed by atoms with Crippen molar-refractivity contribution in [2.75, 3.05) is 0 Å². The van der Waals surface area contributed by atoms with Crippen molar-refractivity contribution in [3.8, 4) is 0 Å². The predicted molar refractivity (Wildman–Crippen MR) is 102 cm³/mol. The van der Waals surface area contributed by atoms with Crippen molar-refractivity contribution >= 4 is 31.0 Å². The van der Waals surface area contributed by atoms with E-state index in [0.717, 1.165) is 10.4 Å². The van der Waals surface area contributed by atoms with Crippen LogP contribution >= 0.6 is 11.3 Å². The number of nitrogens with zero attached hydrogens (tertiary/aromatic N) is 3. The molecule has 0 bridgehead atoms. The standard InChI is InChI=1S/C18H22N3O2SSi/c1-18(2,3)16(23-25(4)5)13-8-12(9-19-10-13)15(22)14-17-21(11-20-14)6-7-24-17/h6-11,16H,1-5H3. The summed E-state index contributed by atoms with van der Waals surface area (Å²) in [4.78, 5) is 22.4. The number of rotatable bonds is 5. The van der Waals surface area contributed by atoms with Crippen LogP contribution in [-0.2, 0) is 4.43 Å². The molecule has 0 saturated carbocycles. The first-order valence-corrected chi connectivity index (χ1v) is 11.4. The van der Waals surface area contributed by atoms with E-state index >= 15 is 0 Å². The van der Waals surface area contributed by atoms with E-state index in [2.05, 4.69) is 43.8 Å². The van der Waals surface area contributed by atoms with Gasteiger partial charge in [-0.05, 0) is 30.1 Å². The topological polar surface area (TPSA) is 56.5 Å². The third-order valence-corrected chi connectivity index (χ3v) is 5.42. The minimum Gasteiger partial charge on any atom is -0.410 e. The highest BCUT2D eigenvalue weighted by atomic mass is 32.1. The largest absolute Gasteiger partial charge is 0.410 e. The molecule has 0 spiro atoms. The summed E-state index contributed by atoms with van der Waals surface area (Å²) >= 11 is 1.51. The Morgan fingerprint density at radius 3 is 2.76 bits per heavy atom. The Labute approximate surface area is 153 Å². The van der Waals surface area contributed by atoms with Gasteiger partial charge in [0.25, 0.3) is 0 Å². The first kappa shape index (κ1) is 18.0. The van der Waals surface area contributed by atoms with Gasteiger partial charge in [0, 0.05) is 29.5 Å². The highest BCUT2D eigenvalue weighted by Crippen LogP contribution is 2.36. The Balaban J connectivity index is 1.98. The quantitative estimate of drug-likeness (QED) is 0.493. The molecule has 0 N–H and O–H groups in total. The van der Waals surface area contributed by atoms with Crippen LogP contribution in [0, 0.1) is 5.41 Å². The van der Waals surface area contributed by atoms with Crippen molar-refractivity contribution in [2.24, 2.45) is 5.41 Å². The molecule has 0 aliphatic heterocycles. The summed E-state index contributed by atoms with van der Waals surface area (Å²) in [7, 11) is -0.886. The number of fused-ring (bicyclic) bond motifs is 1. The van der Waals surface area contributed by atoms with E-state index in [0.29, 0.717) is 11.3 Å². The number of imidazole rings is 1. The number of carbonyl (C=O) groups excluding carboxylic acids is 1. The Bertz CT molecular complexity index is 895. The summed E-state index contributed by atoms with van der Waals surface area (Å²) in [6.07, 6.45) is 6.87. The van der Waals surface area contributed by atoms with E-state index in [1.807, 2.05) is 22.0 Å². The molecule has 0 fully saturated rings. The third kappa shape index (κ3) is 3.73. The zero-order valence-corrected chi connectivity index (χ0v) is 16.9. The molecule has 1 atom stereocenters. The molecule has 3 aromatic rings. The molecule has 25 heavy (non-hydrogen) atoms. The molecule has 3 heterocycles. The van der Waals surface area contributed by atoms with Crippen molar-refractivity contribution < 1.29 is 9.22 Å². The van der Waals surface area contributed by atoms with Crippen molar-refractivity contribution in [2.45, 2.75) is 40.0 Å². The lowest BCUT2D eigenvalue weighted by molar-refractivity contribution is 0.0860. The molecule has 7 heteroatoms. The van der Waals surface area contributed by atoms with E-state index in [1.54, 1.807) is 18.7 Å². The molecule has 0 saturated heterocycles. The molecule has 3 rings (SSSR count). The highest BCUT2D eigenvalue weighted by Gasteiger charge is 2.29. The molecule has 0 aliphatic carbocycles. The van der Waals surface area contributed by atoms with Gasteiger partial charge in [0.05, 0.1) is 6.10 Å². The van der Waals surface area contributed by atoms with Crippen molar-refractivity contribution in [1.29, 1.82) is 0 Å². The van der Waals surface area contributed by atoms with Crippen LogP contribution in [0.5, 0.6) is 0 Å². The summed E-state index contributed by atoms with van der Waals surface area (Å²) in [5, 5.41) is 1.94. The van der Waals surface area contributed by atoms with Crippen LogP contribution in [0.4, 0.5) is 0 Å². The van der Waals surface area contributed by atoms with Gasteiger partial charge in [-0.1, -0.05) is 20.8 Å². The zero-order valence-electron chi connectivity index (χ0n) is 15.1. The molecule has 0 aliphatic rings. The van der Waals surface area contributed by atoms with E-state index in [9.17, 15) is 4.79 Å². The van der Waals surface area contributed by atoms with Gasteiger partial charge in [-0.15, -0.1) is 11.3 Å². The maximum atomic E-state index is 12.9. The van der Waals surface area contributed by atoms with E-state index < -0.39 is 9.04 Å². The first-order chi connectivity index (χ1) is 11.8. The maximum Gasteiger partial charge on any atom is 0.216 e. The number of hydrogen-bond donors (Lipinski definition) is 0. The Hall–Kier alpha value is -1.83. The average molecular weight is 373 g/mol. The van der Waals surface area contributed by atoms with Crippen LogP contribution in [0.3, 0.4) is 0 Å². The Morgan fingerprint density at radius 2 is 2.08 bits per heavy atom. The van der Waals surface area contributed by atoms with Gasteiger partial charge < -0.3 is 4.43 Å². The fourth-order valence-corrected chi connectivity index (χ4v) is 4.50. The fraction of sp³-hybridized carbons (Fsp3) is 0.389. The molecule has 5 nitrogen and oxygen atoms in total. The Kier molecular flexibility index (Phi) is 4.90. The van der Waals surface area contributed by atoms with Gasteiger partial charge in [0.2, 0.25) is 14.8 Å². The van der Waals surface area contributed by atoms with Gasteiger partial charge in [-0.2, -0.15) is 0 Å². The molecular weight excluding hydrogens is 350 g/mol. The highest BCUT2D eigenvalue weighted by molar-refractivity contribution is 7.15. The molecule has 131 valence electrons. The van der Waals surface area contributed by atoms with E-state index in [1.165, 1.54) is 11.3 Å². The summed E-state index contributed by atoms with van der Waals surface area (Å²) in [6, 6.07) is 1.90. The number of ketones is 1. The second-order valence-corrected chi connectivity index (χ2v) is 10.3. The van der Waals surface area contributed by atoms with Crippen molar-refractivity contribution in [3.63, 3.8) is 0 Å². The molecule has 1 radical (unpaired) electrons. The minimum atomic E-state index is -0.886. The molecule has 1 unspecified atom stereocenters. The summed E-state index contributed by atoms with van der Waals surface area (Å²) in [5.41, 5.74) is 1.87. The van der Waals surface area contributed by atoms with Gasteiger partial charge in [0.15, 0.2) is 0 Å². The van der Waals surface area contributed by atoms with Gasteiger partial charge in [0.1, 0.15) is 16.9 Å². The second kappa shape index (κ2) is 6.82. The van der Waals surface area contributed by atoms with Crippen LogP contribution in [-0.4, -0.2) is 29.2 Å². The number of aromatic nitrogens is 3. The van der Waals surface area contributed by atoms with E-state index in [4.69, 9.17) is 4.43 Å². The minimum absolute atomic E-state index is 0.0826. The predicted octanol–water partition coefficient (Wildman–Crippen LogP) is 4.38.